The normalized spacial score (nSPS) is 10.6. The average molecular weight is 408 g/mol. The minimum absolute atomic E-state index is 0.164. The molecule has 0 aromatic heterocycles. The first-order valence-electron chi connectivity index (χ1n) is 9.36. The Balaban J connectivity index is 1.69. The molecule has 0 bridgehead atoms. The van der Waals surface area contributed by atoms with Crippen LogP contribution in [-0.2, 0) is 4.79 Å². The molecule has 3 rings (SSSR count). The molecule has 29 heavy (non-hydrogen) atoms. The lowest BCUT2D eigenvalue weighted by atomic mass is 10.0. The van der Waals surface area contributed by atoms with Gasteiger partial charge in [-0.2, -0.15) is 0 Å². The molecule has 148 valence electrons. The molecule has 3 aromatic carbocycles. The van der Waals surface area contributed by atoms with Gasteiger partial charge < -0.3 is 10.1 Å². The van der Waals surface area contributed by atoms with Crippen molar-refractivity contribution in [3.05, 3.63) is 94.5 Å². The molecular formula is C24H22ClNO3. The number of halogens is 1. The van der Waals surface area contributed by atoms with Crippen LogP contribution in [-0.4, -0.2) is 18.3 Å². The number of amides is 1. The highest BCUT2D eigenvalue weighted by molar-refractivity contribution is 6.31. The van der Waals surface area contributed by atoms with Crippen molar-refractivity contribution in [2.45, 2.75) is 19.8 Å². The van der Waals surface area contributed by atoms with Crippen molar-refractivity contribution in [3.63, 3.8) is 0 Å². The number of carbonyl (C=O) groups excluding carboxylic acids is 2. The Hall–Kier alpha value is -3.11. The van der Waals surface area contributed by atoms with Gasteiger partial charge in [-0.1, -0.05) is 67.9 Å². The van der Waals surface area contributed by atoms with Crippen molar-refractivity contribution in [1.29, 1.82) is 0 Å². The summed E-state index contributed by atoms with van der Waals surface area (Å²) in [7, 11) is 0. The first-order valence-corrected chi connectivity index (χ1v) is 9.74. The first-order chi connectivity index (χ1) is 13.9. The van der Waals surface area contributed by atoms with E-state index in [2.05, 4.69) is 19.2 Å². The smallest absolute Gasteiger partial charge is 0.262 e. The van der Waals surface area contributed by atoms with Gasteiger partial charge >= 0.3 is 0 Å². The molecule has 0 unspecified atom stereocenters. The topological polar surface area (TPSA) is 55.4 Å². The van der Waals surface area contributed by atoms with Gasteiger partial charge in [0.05, 0.1) is 5.69 Å². The van der Waals surface area contributed by atoms with E-state index in [0.29, 0.717) is 33.5 Å². The van der Waals surface area contributed by atoms with Crippen LogP contribution < -0.4 is 10.1 Å². The maximum atomic E-state index is 12.8. The molecule has 0 aliphatic carbocycles. The van der Waals surface area contributed by atoms with Crippen LogP contribution in [0.1, 0.15) is 41.3 Å². The summed E-state index contributed by atoms with van der Waals surface area (Å²) < 4.78 is 5.56. The van der Waals surface area contributed by atoms with Crippen molar-refractivity contribution in [3.8, 4) is 5.75 Å². The Kier molecular flexibility index (Phi) is 6.68. The van der Waals surface area contributed by atoms with Gasteiger partial charge in [0, 0.05) is 16.1 Å². The lowest BCUT2D eigenvalue weighted by Crippen LogP contribution is -2.21. The molecule has 0 radical (unpaired) electrons. The molecule has 0 heterocycles. The number of ether oxygens (including phenoxy) is 1. The van der Waals surface area contributed by atoms with E-state index in [1.807, 2.05) is 30.3 Å². The van der Waals surface area contributed by atoms with E-state index in [0.717, 1.165) is 0 Å². The van der Waals surface area contributed by atoms with Gasteiger partial charge in [0.15, 0.2) is 12.4 Å². The van der Waals surface area contributed by atoms with E-state index in [-0.39, 0.29) is 18.3 Å². The number of benzene rings is 3. The minimum atomic E-state index is -0.359. The van der Waals surface area contributed by atoms with Crippen LogP contribution in [0.5, 0.6) is 5.75 Å². The summed E-state index contributed by atoms with van der Waals surface area (Å²) >= 11 is 6.07. The molecule has 1 N–H and O–H groups in total. The van der Waals surface area contributed by atoms with Crippen molar-refractivity contribution in [2.24, 2.45) is 0 Å². The molecule has 4 nitrogen and oxygen atoms in total. The highest BCUT2D eigenvalue weighted by Crippen LogP contribution is 2.24. The Bertz CT molecular complexity index is 998. The number of hydrogen-bond donors (Lipinski definition) is 1. The van der Waals surface area contributed by atoms with Crippen molar-refractivity contribution < 1.29 is 14.3 Å². The van der Waals surface area contributed by atoms with E-state index in [9.17, 15) is 9.59 Å². The largest absolute Gasteiger partial charge is 0.484 e. The molecule has 5 heteroatoms. The van der Waals surface area contributed by atoms with Gasteiger partial charge in [0.1, 0.15) is 5.75 Å². The van der Waals surface area contributed by atoms with Crippen molar-refractivity contribution in [2.75, 3.05) is 11.9 Å². The summed E-state index contributed by atoms with van der Waals surface area (Å²) in [5, 5.41) is 3.17. The SMILES string of the molecule is CC(C)c1ccc(OCC(=O)Nc2ccc(Cl)cc2C(=O)c2ccccc2)cc1. The zero-order chi connectivity index (χ0) is 20.8. The number of anilines is 1. The van der Waals surface area contributed by atoms with Crippen LogP contribution in [0.2, 0.25) is 5.02 Å². The van der Waals surface area contributed by atoms with Crippen LogP contribution in [0.15, 0.2) is 72.8 Å². The summed E-state index contributed by atoms with van der Waals surface area (Å²) in [6.07, 6.45) is 0. The predicted octanol–water partition coefficient (Wildman–Crippen LogP) is 5.71. The summed E-state index contributed by atoms with van der Waals surface area (Å²) in [5.74, 6) is 0.468. The molecule has 3 aromatic rings. The summed E-state index contributed by atoms with van der Waals surface area (Å²) in [6, 6.07) is 21.3. The van der Waals surface area contributed by atoms with Crippen LogP contribution >= 0.6 is 11.6 Å². The van der Waals surface area contributed by atoms with Crippen LogP contribution in [0.4, 0.5) is 5.69 Å². The molecule has 0 aliphatic heterocycles. The third-order valence-electron chi connectivity index (χ3n) is 4.45. The molecule has 1 amide bonds. The van der Waals surface area contributed by atoms with Gasteiger partial charge in [0.25, 0.3) is 5.91 Å². The van der Waals surface area contributed by atoms with E-state index >= 15 is 0 Å². The molecule has 0 fully saturated rings. The maximum absolute atomic E-state index is 12.8. The number of carbonyl (C=O) groups is 2. The van der Waals surface area contributed by atoms with Gasteiger partial charge in [-0.15, -0.1) is 0 Å². The first kappa shape index (κ1) is 20.6. The number of nitrogens with one attached hydrogen (secondary N) is 1. The average Bonchev–Trinajstić information content (AvgIpc) is 2.74. The molecule has 0 atom stereocenters. The summed E-state index contributed by atoms with van der Waals surface area (Å²) in [5.41, 5.74) is 2.45. The third kappa shape index (κ3) is 5.46. The lowest BCUT2D eigenvalue weighted by Gasteiger charge is -2.12. The van der Waals surface area contributed by atoms with E-state index in [1.54, 1.807) is 42.5 Å². The second-order valence-electron chi connectivity index (χ2n) is 6.95. The van der Waals surface area contributed by atoms with Gasteiger partial charge in [-0.05, 0) is 41.8 Å². The van der Waals surface area contributed by atoms with Crippen LogP contribution in [0.25, 0.3) is 0 Å². The predicted molar refractivity (Wildman–Crippen MR) is 116 cm³/mol. The minimum Gasteiger partial charge on any atom is -0.484 e. The van der Waals surface area contributed by atoms with Crippen LogP contribution in [0, 0.1) is 0 Å². The Morgan fingerprint density at radius 1 is 0.966 bits per heavy atom. The number of ketones is 1. The second kappa shape index (κ2) is 9.39. The summed E-state index contributed by atoms with van der Waals surface area (Å²) in [4.78, 5) is 25.2. The monoisotopic (exact) mass is 407 g/mol. The van der Waals surface area contributed by atoms with Crippen molar-refractivity contribution in [1.82, 2.24) is 0 Å². The molecule has 0 aliphatic rings. The third-order valence-corrected chi connectivity index (χ3v) is 4.69. The summed E-state index contributed by atoms with van der Waals surface area (Å²) in [6.45, 7) is 4.07. The van der Waals surface area contributed by atoms with E-state index < -0.39 is 0 Å². The molecular weight excluding hydrogens is 386 g/mol. The van der Waals surface area contributed by atoms with Gasteiger partial charge in [-0.25, -0.2) is 0 Å². The fourth-order valence-corrected chi connectivity index (χ4v) is 3.01. The maximum Gasteiger partial charge on any atom is 0.262 e. The Labute approximate surface area is 175 Å². The van der Waals surface area contributed by atoms with E-state index in [4.69, 9.17) is 16.3 Å². The zero-order valence-electron chi connectivity index (χ0n) is 16.3. The zero-order valence-corrected chi connectivity index (χ0v) is 17.1. The van der Waals surface area contributed by atoms with E-state index in [1.165, 1.54) is 5.56 Å². The highest BCUT2D eigenvalue weighted by atomic mass is 35.5. The molecule has 0 spiro atoms. The molecule has 0 saturated heterocycles. The van der Waals surface area contributed by atoms with Gasteiger partial charge in [-0.3, -0.25) is 9.59 Å². The van der Waals surface area contributed by atoms with Gasteiger partial charge in [0.2, 0.25) is 0 Å². The number of hydrogen-bond acceptors (Lipinski definition) is 3. The number of rotatable bonds is 7. The lowest BCUT2D eigenvalue weighted by molar-refractivity contribution is -0.118. The Morgan fingerprint density at radius 3 is 2.31 bits per heavy atom. The van der Waals surface area contributed by atoms with Crippen LogP contribution in [0.3, 0.4) is 0 Å². The second-order valence-corrected chi connectivity index (χ2v) is 7.38. The Morgan fingerprint density at radius 2 is 1.66 bits per heavy atom. The van der Waals surface area contributed by atoms with Crippen molar-refractivity contribution >= 4 is 29.0 Å². The standard InChI is InChI=1S/C24H22ClNO3/c1-16(2)17-8-11-20(12-9-17)29-15-23(27)26-22-13-10-19(25)14-21(22)24(28)18-6-4-3-5-7-18/h3-14,16H,15H2,1-2H3,(H,26,27). The fraction of sp³-hybridized carbons (Fsp3) is 0.167. The highest BCUT2D eigenvalue weighted by Gasteiger charge is 2.16. The molecule has 0 saturated carbocycles. The quantitative estimate of drug-likeness (QED) is 0.510. The fourth-order valence-electron chi connectivity index (χ4n) is 2.84.